The summed E-state index contributed by atoms with van der Waals surface area (Å²) in [5.41, 5.74) is 2.61. The van der Waals surface area contributed by atoms with Crippen molar-refractivity contribution in [2.24, 2.45) is 5.92 Å². The first kappa shape index (κ1) is 18.5. The number of benzene rings is 2. The van der Waals surface area contributed by atoms with E-state index in [1.54, 1.807) is 22.5 Å². The van der Waals surface area contributed by atoms with Crippen LogP contribution in [0.1, 0.15) is 42.3 Å². The summed E-state index contributed by atoms with van der Waals surface area (Å²) >= 11 is 0. The van der Waals surface area contributed by atoms with Crippen LogP contribution in [0.25, 0.3) is 0 Å². The Bertz CT molecular complexity index is 1090. The lowest BCUT2D eigenvalue weighted by Gasteiger charge is -2.38. The molecule has 2 aromatic carbocycles. The van der Waals surface area contributed by atoms with Crippen molar-refractivity contribution in [1.82, 2.24) is 4.31 Å². The number of phenolic OH excluding ortho intramolecular Hbond substituents is 2. The van der Waals surface area contributed by atoms with Crippen molar-refractivity contribution >= 4 is 15.7 Å². The summed E-state index contributed by atoms with van der Waals surface area (Å²) in [5.74, 6) is 0.339. The predicted octanol–water partition coefficient (Wildman–Crippen LogP) is 3.71. The normalized spacial score (nSPS) is 26.1. The molecule has 1 aliphatic carbocycles. The number of anilines is 1. The molecule has 1 fully saturated rings. The number of rotatable bonds is 3. The van der Waals surface area contributed by atoms with Gasteiger partial charge >= 0.3 is 0 Å². The molecule has 0 saturated carbocycles. The molecule has 3 aliphatic rings. The van der Waals surface area contributed by atoms with Gasteiger partial charge in [-0.1, -0.05) is 12.2 Å². The lowest BCUT2D eigenvalue weighted by molar-refractivity contribution is 0.398. The second-order valence-corrected chi connectivity index (χ2v) is 10.0. The summed E-state index contributed by atoms with van der Waals surface area (Å²) in [6.45, 7) is 1.18. The van der Waals surface area contributed by atoms with Crippen LogP contribution in [0.4, 0.5) is 5.69 Å². The van der Waals surface area contributed by atoms with Crippen molar-refractivity contribution in [3.8, 4) is 11.5 Å². The van der Waals surface area contributed by atoms with Crippen molar-refractivity contribution in [3.05, 3.63) is 59.7 Å². The van der Waals surface area contributed by atoms with Gasteiger partial charge in [0.15, 0.2) is 0 Å². The first-order valence-corrected chi connectivity index (χ1v) is 11.5. The number of nitrogens with zero attached hydrogens (tertiary/aromatic N) is 1. The van der Waals surface area contributed by atoms with E-state index in [0.717, 1.165) is 36.1 Å². The third-order valence-electron chi connectivity index (χ3n) is 6.39. The van der Waals surface area contributed by atoms with Crippen molar-refractivity contribution in [1.29, 1.82) is 0 Å². The molecule has 0 amide bonds. The molecule has 2 aliphatic heterocycles. The average Bonchev–Trinajstić information content (AvgIpc) is 3.39. The van der Waals surface area contributed by atoms with Crippen molar-refractivity contribution < 1.29 is 18.6 Å². The van der Waals surface area contributed by atoms with Crippen molar-refractivity contribution in [3.63, 3.8) is 0 Å². The summed E-state index contributed by atoms with van der Waals surface area (Å²) in [6, 6.07) is 9.89. The van der Waals surface area contributed by atoms with E-state index in [1.165, 1.54) is 6.07 Å². The van der Waals surface area contributed by atoms with E-state index >= 15 is 0 Å². The number of sulfonamides is 1. The Morgan fingerprint density at radius 2 is 1.79 bits per heavy atom. The number of aromatic hydroxyl groups is 2. The van der Waals surface area contributed by atoms with Crippen LogP contribution >= 0.6 is 0 Å². The molecular formula is C22H24N2O4S. The minimum absolute atomic E-state index is 0.0281. The van der Waals surface area contributed by atoms with Crippen LogP contribution in [0.5, 0.6) is 11.5 Å². The van der Waals surface area contributed by atoms with Crippen LogP contribution in [0.3, 0.4) is 0 Å². The molecule has 0 bridgehead atoms. The highest BCUT2D eigenvalue weighted by Crippen LogP contribution is 2.51. The van der Waals surface area contributed by atoms with Crippen LogP contribution in [-0.2, 0) is 10.0 Å². The molecular weight excluding hydrogens is 388 g/mol. The SMILES string of the molecule is O=S(=O)(c1ccc2c(c1)C1C=CCC1C(c1ccc(O)cc1O)N2)N1CCCC1. The molecule has 0 radical (unpaired) electrons. The van der Waals surface area contributed by atoms with Gasteiger partial charge in [-0.15, -0.1) is 0 Å². The number of phenols is 2. The van der Waals surface area contributed by atoms with E-state index in [0.29, 0.717) is 18.0 Å². The molecule has 3 atom stereocenters. The van der Waals surface area contributed by atoms with E-state index in [4.69, 9.17) is 0 Å². The van der Waals surface area contributed by atoms with Gasteiger partial charge in [0.2, 0.25) is 10.0 Å². The molecule has 0 aromatic heterocycles. The fraction of sp³-hybridized carbons (Fsp3) is 0.364. The Balaban J connectivity index is 1.54. The summed E-state index contributed by atoms with van der Waals surface area (Å²) < 4.78 is 27.6. The Labute approximate surface area is 170 Å². The number of nitrogens with one attached hydrogen (secondary N) is 1. The monoisotopic (exact) mass is 412 g/mol. The molecule has 0 spiro atoms. The van der Waals surface area contributed by atoms with Crippen LogP contribution < -0.4 is 5.32 Å². The van der Waals surface area contributed by atoms with Crippen molar-refractivity contribution in [2.45, 2.75) is 36.1 Å². The fourth-order valence-electron chi connectivity index (χ4n) is 4.91. The molecule has 2 heterocycles. The first-order chi connectivity index (χ1) is 13.9. The first-order valence-electron chi connectivity index (χ1n) is 10.0. The Kier molecular flexibility index (Phi) is 4.33. The minimum atomic E-state index is -3.46. The Morgan fingerprint density at radius 3 is 2.55 bits per heavy atom. The van der Waals surface area contributed by atoms with Gasteiger partial charge in [0.05, 0.1) is 10.9 Å². The standard InChI is InChI=1S/C22H24N2O4S/c25-14-6-8-18(21(26)12-14)22-17-5-3-4-16(17)19-13-15(7-9-20(19)23-22)29(27,28)24-10-1-2-11-24/h3-4,6-9,12-13,16-17,22-23,25-26H,1-2,5,10-11H2. The molecule has 1 saturated heterocycles. The van der Waals surface area contributed by atoms with E-state index in [9.17, 15) is 18.6 Å². The molecule has 152 valence electrons. The maximum absolute atomic E-state index is 13.0. The number of fused-ring (bicyclic) bond motifs is 3. The maximum atomic E-state index is 13.0. The Hall–Kier alpha value is -2.51. The molecule has 3 N–H and O–H groups in total. The summed E-state index contributed by atoms with van der Waals surface area (Å²) in [7, 11) is -3.46. The second kappa shape index (κ2) is 6.78. The number of allylic oxidation sites excluding steroid dienone is 2. The summed E-state index contributed by atoms with van der Waals surface area (Å²) in [4.78, 5) is 0.352. The highest BCUT2D eigenvalue weighted by molar-refractivity contribution is 7.89. The van der Waals surface area contributed by atoms with E-state index in [-0.39, 0.29) is 29.4 Å². The molecule has 2 aromatic rings. The van der Waals surface area contributed by atoms with E-state index in [2.05, 4.69) is 17.5 Å². The zero-order valence-corrected chi connectivity index (χ0v) is 16.8. The smallest absolute Gasteiger partial charge is 0.243 e. The van der Waals surface area contributed by atoms with E-state index in [1.807, 2.05) is 12.1 Å². The summed E-state index contributed by atoms with van der Waals surface area (Å²) in [5, 5.41) is 23.5. The maximum Gasteiger partial charge on any atom is 0.243 e. The molecule has 3 unspecified atom stereocenters. The quantitative estimate of drug-likeness (QED) is 0.669. The van der Waals surface area contributed by atoms with E-state index < -0.39 is 10.0 Å². The van der Waals surface area contributed by atoms with Gasteiger partial charge in [0.1, 0.15) is 11.5 Å². The van der Waals surface area contributed by atoms with Gasteiger partial charge in [-0.05, 0) is 61.1 Å². The van der Waals surface area contributed by atoms with Gasteiger partial charge < -0.3 is 15.5 Å². The Morgan fingerprint density at radius 1 is 1.00 bits per heavy atom. The highest BCUT2D eigenvalue weighted by atomic mass is 32.2. The van der Waals surface area contributed by atoms with Crippen LogP contribution in [-0.4, -0.2) is 36.0 Å². The minimum Gasteiger partial charge on any atom is -0.508 e. The topological polar surface area (TPSA) is 89.9 Å². The van der Waals surface area contributed by atoms with Crippen molar-refractivity contribution in [2.75, 3.05) is 18.4 Å². The molecule has 29 heavy (non-hydrogen) atoms. The third kappa shape index (κ3) is 3.00. The molecule has 5 rings (SSSR count). The van der Waals surface area contributed by atoms with Gasteiger partial charge in [0.25, 0.3) is 0 Å². The zero-order chi connectivity index (χ0) is 20.2. The van der Waals surface area contributed by atoms with Crippen LogP contribution in [0.15, 0.2) is 53.4 Å². The lowest BCUT2D eigenvalue weighted by atomic mass is 9.77. The van der Waals surface area contributed by atoms with Gasteiger partial charge in [0, 0.05) is 36.3 Å². The predicted molar refractivity (Wildman–Crippen MR) is 111 cm³/mol. The fourth-order valence-corrected chi connectivity index (χ4v) is 6.47. The summed E-state index contributed by atoms with van der Waals surface area (Å²) in [6.07, 6.45) is 6.93. The highest BCUT2D eigenvalue weighted by Gasteiger charge is 2.40. The second-order valence-electron chi connectivity index (χ2n) is 8.08. The largest absolute Gasteiger partial charge is 0.508 e. The number of hydrogen-bond acceptors (Lipinski definition) is 5. The zero-order valence-electron chi connectivity index (χ0n) is 16.0. The third-order valence-corrected chi connectivity index (χ3v) is 8.28. The van der Waals surface area contributed by atoms with Gasteiger partial charge in [-0.3, -0.25) is 0 Å². The average molecular weight is 413 g/mol. The number of hydrogen-bond donors (Lipinski definition) is 3. The lowest BCUT2D eigenvalue weighted by Crippen LogP contribution is -2.30. The van der Waals surface area contributed by atoms with Crippen LogP contribution in [0.2, 0.25) is 0 Å². The van der Waals surface area contributed by atoms with Crippen LogP contribution in [0, 0.1) is 5.92 Å². The molecule has 7 heteroatoms. The molecule has 6 nitrogen and oxygen atoms in total. The van der Waals surface area contributed by atoms with Gasteiger partial charge in [-0.2, -0.15) is 4.31 Å². The van der Waals surface area contributed by atoms with Gasteiger partial charge in [-0.25, -0.2) is 8.42 Å².